The number of fused-ring (bicyclic) bond motifs is 3. The van der Waals surface area contributed by atoms with E-state index in [9.17, 15) is 9.90 Å². The fraction of sp³-hybridized carbons (Fsp3) is 0.500. The lowest BCUT2D eigenvalue weighted by atomic mass is 9.65. The minimum Gasteiger partial charge on any atom is -0.465 e. The van der Waals surface area contributed by atoms with Crippen LogP contribution in [-0.2, 0) is 0 Å². The molecule has 1 aromatic carbocycles. The van der Waals surface area contributed by atoms with Crippen molar-refractivity contribution < 1.29 is 14.3 Å². The number of benzene rings is 1. The highest BCUT2D eigenvalue weighted by atomic mass is 35.5. The lowest BCUT2D eigenvalue weighted by molar-refractivity contribution is -0.0639. The average molecular weight is 461 g/mol. The summed E-state index contributed by atoms with van der Waals surface area (Å²) >= 11 is 7.99. The Bertz CT molecular complexity index is 1140. The van der Waals surface area contributed by atoms with Crippen LogP contribution in [0.1, 0.15) is 40.0 Å². The number of piperazine rings is 1. The topological polar surface area (TPSA) is 82.7 Å². The number of aromatic nitrogens is 2. The Morgan fingerprint density at radius 1 is 1.39 bits per heavy atom. The molecule has 2 bridgehead atoms. The standard InChI is InChI=1S/C22H25ClN4O3S/c1-21(2,3)22-8-4-5-13(27(22)20(28)29)11-26(12-22)19-25-16-15(23)7-6-14(17(16)30-19)18-24-9-10-31-18/h6-7,9-10,13H,4-5,8,11-12H2,1-3H3,(H,28,29). The molecule has 2 saturated heterocycles. The van der Waals surface area contributed by atoms with Gasteiger partial charge in [0.1, 0.15) is 10.5 Å². The molecule has 0 aliphatic carbocycles. The van der Waals surface area contributed by atoms with Crippen molar-refractivity contribution >= 4 is 46.1 Å². The third-order valence-corrected chi connectivity index (χ3v) is 7.97. The summed E-state index contributed by atoms with van der Waals surface area (Å²) in [5, 5.41) is 13.4. The highest BCUT2D eigenvalue weighted by molar-refractivity contribution is 7.13. The zero-order valence-electron chi connectivity index (χ0n) is 17.8. The van der Waals surface area contributed by atoms with Crippen LogP contribution in [0, 0.1) is 5.41 Å². The number of hydrogen-bond acceptors (Lipinski definition) is 6. The maximum absolute atomic E-state index is 12.3. The smallest absolute Gasteiger partial charge is 0.408 e. The second-order valence-corrected chi connectivity index (χ2v) is 10.8. The molecule has 0 saturated carbocycles. The maximum atomic E-state index is 12.3. The third kappa shape index (κ3) is 3.10. The van der Waals surface area contributed by atoms with Crippen molar-refractivity contribution in [3.05, 3.63) is 28.7 Å². The van der Waals surface area contributed by atoms with Gasteiger partial charge in [-0.1, -0.05) is 32.4 Å². The predicted octanol–water partition coefficient (Wildman–Crippen LogP) is 5.74. The van der Waals surface area contributed by atoms with Gasteiger partial charge in [-0.15, -0.1) is 11.3 Å². The zero-order valence-corrected chi connectivity index (χ0v) is 19.3. The molecule has 4 heterocycles. The summed E-state index contributed by atoms with van der Waals surface area (Å²) in [5.41, 5.74) is 1.34. The SMILES string of the molecule is CC(C)(C)C12CCCC(CN(c3nc4c(Cl)ccc(-c5nccs5)c4o3)C1)N2C(=O)O. The Morgan fingerprint density at radius 2 is 2.19 bits per heavy atom. The molecule has 2 unspecified atom stereocenters. The first kappa shape index (κ1) is 20.6. The van der Waals surface area contributed by atoms with Crippen LogP contribution in [0.25, 0.3) is 21.7 Å². The zero-order chi connectivity index (χ0) is 22.0. The minimum absolute atomic E-state index is 0.0943. The number of thiazole rings is 1. The highest BCUT2D eigenvalue weighted by Gasteiger charge is 2.57. The van der Waals surface area contributed by atoms with Crippen LogP contribution in [-0.4, -0.2) is 50.7 Å². The third-order valence-electron chi connectivity index (χ3n) is 6.86. The number of halogens is 1. The first-order chi connectivity index (χ1) is 14.7. The van der Waals surface area contributed by atoms with Crippen LogP contribution in [0.2, 0.25) is 5.02 Å². The summed E-state index contributed by atoms with van der Waals surface area (Å²) in [7, 11) is 0. The fourth-order valence-electron chi connectivity index (χ4n) is 5.28. The number of rotatable bonds is 2. The second kappa shape index (κ2) is 7.10. The number of oxazole rings is 1. The summed E-state index contributed by atoms with van der Waals surface area (Å²) in [5.74, 6) is 0. The van der Waals surface area contributed by atoms with E-state index in [1.807, 2.05) is 17.5 Å². The molecule has 2 fully saturated rings. The lowest BCUT2D eigenvalue weighted by Gasteiger charge is -2.61. The summed E-state index contributed by atoms with van der Waals surface area (Å²) in [6.07, 6.45) is 3.60. The van der Waals surface area contributed by atoms with E-state index >= 15 is 0 Å². The van der Waals surface area contributed by atoms with Gasteiger partial charge < -0.3 is 14.4 Å². The molecule has 3 aromatic rings. The van der Waals surface area contributed by atoms with Crippen LogP contribution in [0.4, 0.5) is 10.8 Å². The highest BCUT2D eigenvalue weighted by Crippen LogP contribution is 2.49. The van der Waals surface area contributed by atoms with Crippen LogP contribution < -0.4 is 4.90 Å². The molecule has 31 heavy (non-hydrogen) atoms. The Kier molecular flexibility index (Phi) is 4.71. The second-order valence-electron chi connectivity index (χ2n) is 9.47. The van der Waals surface area contributed by atoms with Gasteiger partial charge in [-0.25, -0.2) is 9.78 Å². The van der Waals surface area contributed by atoms with Crippen LogP contribution >= 0.6 is 22.9 Å². The molecular formula is C22H25ClN4O3S. The number of amides is 1. The molecule has 2 aliphatic heterocycles. The van der Waals surface area contributed by atoms with Gasteiger partial charge in [0.2, 0.25) is 0 Å². The van der Waals surface area contributed by atoms with Gasteiger partial charge in [-0.2, -0.15) is 4.98 Å². The van der Waals surface area contributed by atoms with Crippen LogP contribution in [0.5, 0.6) is 0 Å². The van der Waals surface area contributed by atoms with Crippen LogP contribution in [0.3, 0.4) is 0 Å². The first-order valence-corrected chi connectivity index (χ1v) is 11.7. The molecule has 2 aromatic heterocycles. The number of carbonyl (C=O) groups is 1. The molecule has 164 valence electrons. The van der Waals surface area contributed by atoms with E-state index < -0.39 is 11.6 Å². The first-order valence-electron chi connectivity index (χ1n) is 10.5. The average Bonchev–Trinajstić information content (AvgIpc) is 3.37. The van der Waals surface area contributed by atoms with Gasteiger partial charge in [0.15, 0.2) is 5.58 Å². The Labute approximate surface area is 189 Å². The van der Waals surface area contributed by atoms with Crippen molar-refractivity contribution in [3.63, 3.8) is 0 Å². The van der Waals surface area contributed by atoms with Crippen molar-refractivity contribution in [2.75, 3.05) is 18.0 Å². The number of anilines is 1. The molecule has 1 N–H and O–H groups in total. The lowest BCUT2D eigenvalue weighted by Crippen LogP contribution is -2.74. The van der Waals surface area contributed by atoms with Crippen LogP contribution in [0.15, 0.2) is 28.1 Å². The molecule has 0 radical (unpaired) electrons. The molecule has 2 aliphatic rings. The summed E-state index contributed by atoms with van der Waals surface area (Å²) in [6, 6.07) is 4.13. The minimum atomic E-state index is -0.842. The molecular weight excluding hydrogens is 436 g/mol. The van der Waals surface area contributed by atoms with Gasteiger partial charge in [-0.3, -0.25) is 4.90 Å². The van der Waals surface area contributed by atoms with E-state index in [-0.39, 0.29) is 11.5 Å². The molecule has 0 spiro atoms. The van der Waals surface area contributed by atoms with E-state index in [1.165, 1.54) is 11.3 Å². The van der Waals surface area contributed by atoms with Gasteiger partial charge in [-0.05, 0) is 36.8 Å². The normalized spacial score (nSPS) is 24.1. The number of hydrogen-bond donors (Lipinski definition) is 1. The van der Waals surface area contributed by atoms with Crippen molar-refractivity contribution in [3.8, 4) is 10.6 Å². The molecule has 7 nitrogen and oxygen atoms in total. The van der Waals surface area contributed by atoms with Gasteiger partial charge in [0.25, 0.3) is 6.01 Å². The molecule has 5 rings (SSSR count). The van der Waals surface area contributed by atoms with Crippen molar-refractivity contribution in [2.45, 2.75) is 51.6 Å². The molecule has 2 atom stereocenters. The Balaban J connectivity index is 1.61. The predicted molar refractivity (Wildman–Crippen MR) is 122 cm³/mol. The van der Waals surface area contributed by atoms with Gasteiger partial charge in [0, 0.05) is 24.7 Å². The molecule has 9 heteroatoms. The van der Waals surface area contributed by atoms with E-state index in [4.69, 9.17) is 21.0 Å². The number of carboxylic acid groups (broad SMARTS) is 1. The Morgan fingerprint density at radius 3 is 2.87 bits per heavy atom. The largest absolute Gasteiger partial charge is 0.465 e. The summed E-state index contributed by atoms with van der Waals surface area (Å²) in [6.45, 7) is 7.46. The Hall–Kier alpha value is -2.32. The number of nitrogens with zero attached hydrogens (tertiary/aromatic N) is 4. The van der Waals surface area contributed by atoms with E-state index in [2.05, 4.69) is 30.7 Å². The van der Waals surface area contributed by atoms with E-state index in [0.717, 1.165) is 29.8 Å². The fourth-order valence-corrected chi connectivity index (χ4v) is 6.13. The van der Waals surface area contributed by atoms with E-state index in [1.54, 1.807) is 11.1 Å². The van der Waals surface area contributed by atoms with Crippen molar-refractivity contribution in [1.82, 2.24) is 14.9 Å². The van der Waals surface area contributed by atoms with Crippen molar-refractivity contribution in [1.29, 1.82) is 0 Å². The van der Waals surface area contributed by atoms with E-state index in [0.29, 0.717) is 35.2 Å². The summed E-state index contributed by atoms with van der Waals surface area (Å²) < 4.78 is 6.29. The monoisotopic (exact) mass is 460 g/mol. The number of piperidine rings is 1. The maximum Gasteiger partial charge on any atom is 0.408 e. The van der Waals surface area contributed by atoms with Gasteiger partial charge >= 0.3 is 6.09 Å². The van der Waals surface area contributed by atoms with Gasteiger partial charge in [0.05, 0.1) is 22.2 Å². The summed E-state index contributed by atoms with van der Waals surface area (Å²) in [4.78, 5) is 25.3. The quantitative estimate of drug-likeness (QED) is 0.524. The molecule has 1 amide bonds. The van der Waals surface area contributed by atoms with Crippen molar-refractivity contribution in [2.24, 2.45) is 5.41 Å².